The van der Waals surface area contributed by atoms with Gasteiger partial charge in [-0.25, -0.2) is 4.98 Å². The van der Waals surface area contributed by atoms with Crippen molar-refractivity contribution in [3.63, 3.8) is 0 Å². The Morgan fingerprint density at radius 1 is 1.12 bits per heavy atom. The molecule has 3 aromatic rings. The lowest BCUT2D eigenvalue weighted by atomic mass is 10.2. The van der Waals surface area contributed by atoms with Gasteiger partial charge in [0.2, 0.25) is 0 Å². The second kappa shape index (κ2) is 7.40. The van der Waals surface area contributed by atoms with Crippen LogP contribution in [0.2, 0.25) is 0 Å². The number of aryl methyl sites for hydroxylation is 1. The quantitative estimate of drug-likeness (QED) is 0.728. The minimum absolute atomic E-state index is 0.0839. The molecule has 0 bridgehead atoms. The Morgan fingerprint density at radius 2 is 1.88 bits per heavy atom. The molecule has 0 unspecified atom stereocenters. The highest BCUT2D eigenvalue weighted by Crippen LogP contribution is 2.36. The van der Waals surface area contributed by atoms with Gasteiger partial charge in [0.15, 0.2) is 11.7 Å². The van der Waals surface area contributed by atoms with Crippen LogP contribution in [0.15, 0.2) is 36.4 Å². The molecule has 0 fully saturated rings. The van der Waals surface area contributed by atoms with E-state index in [1.165, 1.54) is 11.3 Å². The van der Waals surface area contributed by atoms with Gasteiger partial charge in [-0.05, 0) is 25.1 Å². The normalized spacial score (nSPS) is 10.5. The van der Waals surface area contributed by atoms with Gasteiger partial charge in [-0.15, -0.1) is 0 Å². The second-order valence-corrected chi connectivity index (χ2v) is 6.38. The number of hydrogen-bond acceptors (Lipinski definition) is 6. The van der Waals surface area contributed by atoms with E-state index in [1.807, 2.05) is 37.3 Å². The van der Waals surface area contributed by atoms with E-state index in [0.717, 1.165) is 10.3 Å². The summed E-state index contributed by atoms with van der Waals surface area (Å²) in [5, 5.41) is 3.23. The predicted octanol–water partition coefficient (Wildman–Crippen LogP) is 3.64. The number of ether oxygens (including phenoxy) is 3. The molecule has 0 saturated carbocycles. The van der Waals surface area contributed by atoms with Crippen molar-refractivity contribution >= 4 is 32.6 Å². The predicted molar refractivity (Wildman–Crippen MR) is 98.0 cm³/mol. The van der Waals surface area contributed by atoms with Crippen LogP contribution < -0.4 is 19.5 Å². The molecule has 25 heavy (non-hydrogen) atoms. The van der Waals surface area contributed by atoms with Gasteiger partial charge in [-0.2, -0.15) is 0 Å². The first kappa shape index (κ1) is 17.0. The number of rotatable bonds is 6. The van der Waals surface area contributed by atoms with Crippen LogP contribution in [0.5, 0.6) is 17.2 Å². The van der Waals surface area contributed by atoms with E-state index >= 15 is 0 Å². The zero-order valence-electron chi connectivity index (χ0n) is 14.2. The van der Waals surface area contributed by atoms with E-state index in [1.54, 1.807) is 20.3 Å². The Labute approximate surface area is 149 Å². The van der Waals surface area contributed by atoms with Gasteiger partial charge in [0.25, 0.3) is 5.91 Å². The number of nitrogens with zero attached hydrogens (tertiary/aromatic N) is 1. The molecule has 0 radical (unpaired) electrons. The molecule has 1 amide bonds. The number of aromatic nitrogens is 1. The van der Waals surface area contributed by atoms with Crippen LogP contribution >= 0.6 is 11.3 Å². The van der Waals surface area contributed by atoms with Crippen molar-refractivity contribution < 1.29 is 19.0 Å². The molecule has 6 nitrogen and oxygen atoms in total. The summed E-state index contributed by atoms with van der Waals surface area (Å²) in [6.07, 6.45) is 0. The van der Waals surface area contributed by atoms with Gasteiger partial charge >= 0.3 is 0 Å². The lowest BCUT2D eigenvalue weighted by molar-refractivity contribution is -0.118. The largest absolute Gasteiger partial charge is 0.497 e. The maximum atomic E-state index is 12.1. The lowest BCUT2D eigenvalue weighted by Gasteiger charge is -2.05. The molecule has 1 aromatic heterocycles. The summed E-state index contributed by atoms with van der Waals surface area (Å²) in [6.45, 7) is 1.91. The van der Waals surface area contributed by atoms with Crippen LogP contribution in [-0.2, 0) is 4.79 Å². The molecule has 0 saturated heterocycles. The highest BCUT2D eigenvalue weighted by atomic mass is 32.1. The first-order valence-corrected chi connectivity index (χ1v) is 8.42. The minimum Gasteiger partial charge on any atom is -0.497 e. The van der Waals surface area contributed by atoms with Crippen molar-refractivity contribution in [3.8, 4) is 17.2 Å². The summed E-state index contributed by atoms with van der Waals surface area (Å²) >= 11 is 1.35. The Balaban J connectivity index is 1.69. The molecule has 0 aliphatic carbocycles. The number of thiazole rings is 1. The molecule has 130 valence electrons. The smallest absolute Gasteiger partial charge is 0.264 e. The highest BCUT2D eigenvalue weighted by molar-refractivity contribution is 7.22. The van der Waals surface area contributed by atoms with E-state index in [0.29, 0.717) is 27.9 Å². The fourth-order valence-electron chi connectivity index (χ4n) is 2.24. The molecule has 0 atom stereocenters. The van der Waals surface area contributed by atoms with Crippen LogP contribution in [0.4, 0.5) is 5.13 Å². The maximum absolute atomic E-state index is 12.1. The third kappa shape index (κ3) is 4.00. The number of methoxy groups -OCH3 is 2. The van der Waals surface area contributed by atoms with Gasteiger partial charge in [0.05, 0.1) is 18.9 Å². The first-order chi connectivity index (χ1) is 12.1. The van der Waals surface area contributed by atoms with Gasteiger partial charge in [-0.1, -0.05) is 29.0 Å². The molecule has 3 rings (SSSR count). The summed E-state index contributed by atoms with van der Waals surface area (Å²) in [5.74, 6) is 1.65. The van der Waals surface area contributed by atoms with Crippen molar-refractivity contribution in [1.82, 2.24) is 4.98 Å². The first-order valence-electron chi connectivity index (χ1n) is 7.61. The van der Waals surface area contributed by atoms with Crippen LogP contribution in [0.3, 0.4) is 0 Å². The Kier molecular flexibility index (Phi) is 5.04. The van der Waals surface area contributed by atoms with Crippen LogP contribution in [0.25, 0.3) is 10.2 Å². The summed E-state index contributed by atoms with van der Waals surface area (Å²) in [7, 11) is 3.16. The van der Waals surface area contributed by atoms with E-state index in [-0.39, 0.29) is 12.5 Å². The van der Waals surface area contributed by atoms with Crippen molar-refractivity contribution in [1.29, 1.82) is 0 Å². The number of hydrogen-bond donors (Lipinski definition) is 1. The number of nitrogens with one attached hydrogen (secondary N) is 1. The second-order valence-electron chi connectivity index (χ2n) is 5.35. The number of amides is 1. The van der Waals surface area contributed by atoms with Crippen LogP contribution in [-0.4, -0.2) is 31.7 Å². The van der Waals surface area contributed by atoms with E-state index < -0.39 is 0 Å². The van der Waals surface area contributed by atoms with Crippen LogP contribution in [0.1, 0.15) is 5.56 Å². The van der Waals surface area contributed by atoms with Crippen molar-refractivity contribution in [2.24, 2.45) is 0 Å². The third-order valence-corrected chi connectivity index (χ3v) is 4.44. The SMILES string of the molecule is COc1cc(OC)c2nc(NC(=O)COc3ccc(C)cc3)sc2c1. The number of benzene rings is 2. The van der Waals surface area contributed by atoms with E-state index in [2.05, 4.69) is 10.3 Å². The number of fused-ring (bicyclic) bond motifs is 1. The van der Waals surface area contributed by atoms with Gasteiger partial charge in [0.1, 0.15) is 22.8 Å². The van der Waals surface area contributed by atoms with E-state index in [4.69, 9.17) is 14.2 Å². The summed E-state index contributed by atoms with van der Waals surface area (Å²) < 4.78 is 16.9. The summed E-state index contributed by atoms with van der Waals surface area (Å²) in [6, 6.07) is 11.1. The van der Waals surface area contributed by atoms with Gasteiger partial charge in [-0.3, -0.25) is 10.1 Å². The molecular weight excluding hydrogens is 340 g/mol. The molecule has 0 aliphatic rings. The van der Waals surface area contributed by atoms with Crippen molar-refractivity contribution in [3.05, 3.63) is 42.0 Å². The summed E-state index contributed by atoms with van der Waals surface area (Å²) in [4.78, 5) is 16.5. The third-order valence-electron chi connectivity index (χ3n) is 3.53. The minimum atomic E-state index is -0.273. The number of anilines is 1. The molecule has 2 aromatic carbocycles. The van der Waals surface area contributed by atoms with Crippen molar-refractivity contribution in [2.45, 2.75) is 6.92 Å². The number of carbonyl (C=O) groups is 1. The molecule has 1 heterocycles. The molecule has 1 N–H and O–H groups in total. The van der Waals surface area contributed by atoms with Gasteiger partial charge < -0.3 is 14.2 Å². The fourth-order valence-corrected chi connectivity index (χ4v) is 3.17. The summed E-state index contributed by atoms with van der Waals surface area (Å²) in [5.41, 5.74) is 1.82. The molecule has 0 spiro atoms. The highest BCUT2D eigenvalue weighted by Gasteiger charge is 2.13. The monoisotopic (exact) mass is 358 g/mol. The Bertz CT molecular complexity index is 890. The average Bonchev–Trinajstić information content (AvgIpc) is 3.02. The van der Waals surface area contributed by atoms with Crippen molar-refractivity contribution in [2.75, 3.05) is 26.1 Å². The zero-order valence-corrected chi connectivity index (χ0v) is 15.0. The fraction of sp³-hybridized carbons (Fsp3) is 0.222. The Morgan fingerprint density at radius 3 is 2.56 bits per heavy atom. The Hall–Kier alpha value is -2.80. The van der Waals surface area contributed by atoms with E-state index in [9.17, 15) is 4.79 Å². The number of carbonyl (C=O) groups excluding carboxylic acids is 1. The topological polar surface area (TPSA) is 69.7 Å². The molecular formula is C18H18N2O4S. The maximum Gasteiger partial charge on any atom is 0.264 e. The molecule has 0 aliphatic heterocycles. The van der Waals surface area contributed by atoms with Crippen LogP contribution in [0, 0.1) is 6.92 Å². The van der Waals surface area contributed by atoms with Gasteiger partial charge in [0, 0.05) is 6.07 Å². The lowest BCUT2D eigenvalue weighted by Crippen LogP contribution is -2.19. The average molecular weight is 358 g/mol. The standard InChI is InChI=1S/C18H18N2O4S/c1-11-4-6-12(7-5-11)24-10-16(21)19-18-20-17-14(23-3)8-13(22-2)9-15(17)25-18/h4-9H,10H2,1-3H3,(H,19,20,21). The zero-order chi connectivity index (χ0) is 17.8. The molecule has 7 heteroatoms.